The van der Waals surface area contributed by atoms with Gasteiger partial charge in [-0.15, -0.1) is 31.7 Å². The highest BCUT2D eigenvalue weighted by Gasteiger charge is 2.19. The zero-order chi connectivity index (χ0) is 20.8. The Bertz CT molecular complexity index is 1080. The summed E-state index contributed by atoms with van der Waals surface area (Å²) in [5.41, 5.74) is 0.730. The second kappa shape index (κ2) is 9.63. The smallest absolute Gasteiger partial charge is 0.277 e. The fraction of sp³-hybridized carbons (Fsp3) is 0.263. The van der Waals surface area contributed by atoms with Crippen LogP contribution in [0.25, 0.3) is 22.2 Å². The average Bonchev–Trinajstić information content (AvgIpc) is 3.54. The minimum Gasteiger partial charge on any atom is -0.418 e. The first-order valence-electron chi connectivity index (χ1n) is 9.23. The highest BCUT2D eigenvalue weighted by atomic mass is 32.2. The van der Waals surface area contributed by atoms with Crippen LogP contribution in [-0.2, 0) is 11.3 Å². The molecule has 30 heavy (non-hydrogen) atoms. The summed E-state index contributed by atoms with van der Waals surface area (Å²) in [5.74, 6) is 1.34. The highest BCUT2D eigenvalue weighted by Crippen LogP contribution is 2.25. The lowest BCUT2D eigenvalue weighted by Crippen LogP contribution is -2.32. The van der Waals surface area contributed by atoms with Crippen LogP contribution in [0.1, 0.15) is 19.2 Å². The van der Waals surface area contributed by atoms with Crippen molar-refractivity contribution in [1.82, 2.24) is 30.3 Å². The van der Waals surface area contributed by atoms with Gasteiger partial charge >= 0.3 is 0 Å². The fourth-order valence-corrected chi connectivity index (χ4v) is 3.94. The second-order valence-electron chi connectivity index (χ2n) is 6.20. The first kappa shape index (κ1) is 20.2. The van der Waals surface area contributed by atoms with Crippen LogP contribution in [0.5, 0.6) is 0 Å². The van der Waals surface area contributed by atoms with Gasteiger partial charge in [-0.25, -0.2) is 0 Å². The van der Waals surface area contributed by atoms with Crippen molar-refractivity contribution in [2.75, 3.05) is 12.3 Å². The van der Waals surface area contributed by atoms with Crippen molar-refractivity contribution in [2.24, 2.45) is 0 Å². The van der Waals surface area contributed by atoms with Gasteiger partial charge in [0.2, 0.25) is 17.7 Å². The quantitative estimate of drug-likeness (QED) is 0.358. The first-order chi connectivity index (χ1) is 14.7. The van der Waals surface area contributed by atoms with E-state index < -0.39 is 0 Å². The lowest BCUT2D eigenvalue weighted by molar-refractivity contribution is -0.129. The predicted octanol–water partition coefficient (Wildman–Crippen LogP) is 3.77. The molecule has 0 bridgehead atoms. The number of aromatic nitrogens is 5. The number of carbonyl (C=O) groups excluding carboxylic acids is 1. The lowest BCUT2D eigenvalue weighted by Gasteiger charge is -2.19. The van der Waals surface area contributed by atoms with Crippen molar-refractivity contribution >= 4 is 29.0 Å². The minimum atomic E-state index is -0.0705. The minimum absolute atomic E-state index is 0.0705. The van der Waals surface area contributed by atoms with Gasteiger partial charge in [0, 0.05) is 18.9 Å². The number of hydrogen-bond acceptors (Lipinski definition) is 10. The summed E-state index contributed by atoms with van der Waals surface area (Å²) in [7, 11) is 0. The molecule has 0 aliphatic carbocycles. The molecule has 4 heterocycles. The second-order valence-corrected chi connectivity index (χ2v) is 8.07. The molecule has 4 aromatic rings. The van der Waals surface area contributed by atoms with Crippen LogP contribution < -0.4 is 0 Å². The number of carbonyl (C=O) groups is 1. The van der Waals surface area contributed by atoms with Crippen molar-refractivity contribution in [3.8, 4) is 22.2 Å². The Hall–Kier alpha value is -3.05. The van der Waals surface area contributed by atoms with Gasteiger partial charge in [-0.05, 0) is 30.0 Å². The van der Waals surface area contributed by atoms with E-state index >= 15 is 0 Å². The molecule has 0 N–H and O–H groups in total. The van der Waals surface area contributed by atoms with Gasteiger partial charge in [0.1, 0.15) is 0 Å². The van der Waals surface area contributed by atoms with Gasteiger partial charge < -0.3 is 13.7 Å². The molecule has 0 aliphatic heterocycles. The Morgan fingerprint density at radius 1 is 1.13 bits per heavy atom. The van der Waals surface area contributed by atoms with Gasteiger partial charge in [-0.1, -0.05) is 24.8 Å². The van der Waals surface area contributed by atoms with E-state index in [9.17, 15) is 4.79 Å². The molecule has 154 valence electrons. The molecule has 11 heteroatoms. The van der Waals surface area contributed by atoms with Crippen molar-refractivity contribution in [3.63, 3.8) is 0 Å². The van der Waals surface area contributed by atoms with E-state index in [1.165, 1.54) is 23.1 Å². The average molecular weight is 443 g/mol. The maximum absolute atomic E-state index is 12.7. The van der Waals surface area contributed by atoms with E-state index in [0.29, 0.717) is 29.4 Å². The lowest BCUT2D eigenvalue weighted by atomic mass is 10.3. The van der Waals surface area contributed by atoms with Crippen LogP contribution in [0.2, 0.25) is 0 Å². The Morgan fingerprint density at radius 2 is 2.03 bits per heavy atom. The molecule has 0 unspecified atom stereocenters. The predicted molar refractivity (Wildman–Crippen MR) is 112 cm³/mol. The summed E-state index contributed by atoms with van der Waals surface area (Å²) in [5, 5.41) is 18.4. The summed E-state index contributed by atoms with van der Waals surface area (Å²) in [6.07, 6.45) is 4.13. The Labute approximate surface area is 180 Å². The van der Waals surface area contributed by atoms with Crippen LogP contribution >= 0.6 is 23.1 Å². The molecule has 0 saturated heterocycles. The fourth-order valence-electron chi connectivity index (χ4n) is 2.63. The molecule has 0 atom stereocenters. The van der Waals surface area contributed by atoms with Crippen molar-refractivity contribution in [1.29, 1.82) is 0 Å². The molecule has 4 aromatic heterocycles. The molecule has 0 radical (unpaired) electrons. The van der Waals surface area contributed by atoms with E-state index in [4.69, 9.17) is 8.83 Å². The molecule has 0 aliphatic rings. The number of pyridine rings is 1. The summed E-state index contributed by atoms with van der Waals surface area (Å²) in [4.78, 5) is 19.4. The number of amides is 1. The van der Waals surface area contributed by atoms with Gasteiger partial charge in [-0.2, -0.15) is 0 Å². The number of hydrogen-bond donors (Lipinski definition) is 0. The molecule has 0 aromatic carbocycles. The van der Waals surface area contributed by atoms with E-state index in [0.717, 1.165) is 16.9 Å². The Morgan fingerprint density at radius 3 is 2.80 bits per heavy atom. The van der Waals surface area contributed by atoms with E-state index in [-0.39, 0.29) is 18.2 Å². The summed E-state index contributed by atoms with van der Waals surface area (Å²) in [6.45, 7) is 2.85. The third kappa shape index (κ3) is 4.92. The molecule has 0 saturated carbocycles. The number of nitrogens with zero attached hydrogens (tertiary/aromatic N) is 6. The molecule has 9 nitrogen and oxygen atoms in total. The first-order valence-corrected chi connectivity index (χ1v) is 11.1. The van der Waals surface area contributed by atoms with E-state index in [1.54, 1.807) is 23.4 Å². The molecule has 0 fully saturated rings. The Kier molecular flexibility index (Phi) is 6.50. The van der Waals surface area contributed by atoms with Crippen molar-refractivity contribution in [3.05, 3.63) is 47.9 Å². The summed E-state index contributed by atoms with van der Waals surface area (Å²) < 4.78 is 11.3. The van der Waals surface area contributed by atoms with Crippen LogP contribution in [0.4, 0.5) is 0 Å². The zero-order valence-corrected chi connectivity index (χ0v) is 17.7. The number of rotatable bonds is 9. The van der Waals surface area contributed by atoms with Crippen LogP contribution in [0, 0.1) is 0 Å². The number of thiophene rings is 1. The normalized spacial score (nSPS) is 11.0. The van der Waals surface area contributed by atoms with Crippen LogP contribution in [-0.4, -0.2) is 48.5 Å². The summed E-state index contributed by atoms with van der Waals surface area (Å²) in [6, 6.07) is 7.46. The van der Waals surface area contributed by atoms with E-state index in [1.807, 2.05) is 30.5 Å². The third-order valence-electron chi connectivity index (χ3n) is 4.01. The van der Waals surface area contributed by atoms with Crippen LogP contribution in [0.15, 0.2) is 56.1 Å². The van der Waals surface area contributed by atoms with Crippen molar-refractivity contribution < 1.29 is 13.6 Å². The monoisotopic (exact) mass is 442 g/mol. The molecule has 4 rings (SSSR count). The topological polar surface area (TPSA) is 111 Å². The van der Waals surface area contributed by atoms with Gasteiger partial charge in [0.05, 0.1) is 22.7 Å². The standard InChI is InChI=1S/C19H18N6O3S2/c1-2-8-25(11-15-21-23-18(27-15)14-6-4-9-29-14)16(26)12-30-19-24-22-17(28-19)13-5-3-7-20-10-13/h3-7,9-10H,2,8,11-12H2,1H3. The molecular formula is C19H18N6O3S2. The van der Waals surface area contributed by atoms with Gasteiger partial charge in [-0.3, -0.25) is 9.78 Å². The Balaban J connectivity index is 1.36. The van der Waals surface area contributed by atoms with Crippen molar-refractivity contribution in [2.45, 2.75) is 25.1 Å². The van der Waals surface area contributed by atoms with Crippen LogP contribution in [0.3, 0.4) is 0 Å². The largest absolute Gasteiger partial charge is 0.418 e. The van der Waals surface area contributed by atoms with E-state index in [2.05, 4.69) is 25.4 Å². The number of thioether (sulfide) groups is 1. The van der Waals surface area contributed by atoms with Gasteiger partial charge in [0.25, 0.3) is 11.1 Å². The maximum atomic E-state index is 12.7. The zero-order valence-electron chi connectivity index (χ0n) is 16.1. The van der Waals surface area contributed by atoms with Gasteiger partial charge in [0.15, 0.2) is 0 Å². The molecule has 0 spiro atoms. The maximum Gasteiger partial charge on any atom is 0.277 e. The SMILES string of the molecule is CCCN(Cc1nnc(-c2cccs2)o1)C(=O)CSc1nnc(-c2cccnc2)o1. The third-order valence-corrected chi connectivity index (χ3v) is 5.67. The molecule has 1 amide bonds. The summed E-state index contributed by atoms with van der Waals surface area (Å²) >= 11 is 2.72. The highest BCUT2D eigenvalue weighted by molar-refractivity contribution is 7.99. The molecular weight excluding hydrogens is 424 g/mol.